The molecule has 0 aliphatic carbocycles. The van der Waals surface area contributed by atoms with Crippen LogP contribution in [0.1, 0.15) is 41.5 Å². The predicted octanol–water partition coefficient (Wildman–Crippen LogP) is 5.11. The lowest BCUT2D eigenvalue weighted by atomic mass is 10.2. The van der Waals surface area contributed by atoms with Gasteiger partial charge in [0.15, 0.2) is 0 Å². The summed E-state index contributed by atoms with van der Waals surface area (Å²) in [6, 6.07) is 9.67. The molecule has 0 aliphatic heterocycles. The van der Waals surface area contributed by atoms with Crippen molar-refractivity contribution in [3.63, 3.8) is 0 Å². The molecule has 0 radical (unpaired) electrons. The van der Waals surface area contributed by atoms with Crippen LogP contribution >= 0.6 is 0 Å². The Balaban J connectivity index is 3.11. The number of halogens is 1. The number of hydrogen-bond acceptors (Lipinski definition) is 1. The molecule has 0 bridgehead atoms. The maximum atomic E-state index is 15.5. The molecule has 1 nitrogen and oxygen atoms in total. The highest BCUT2D eigenvalue weighted by Crippen LogP contribution is 2.51. The minimum absolute atomic E-state index is 0.346. The van der Waals surface area contributed by atoms with Gasteiger partial charge >= 0.3 is 8.57 Å². The molecule has 1 N–H and O–H groups in total. The zero-order valence-electron chi connectivity index (χ0n) is 11.8. The Morgan fingerprint density at radius 2 is 1.29 bits per heavy atom. The van der Waals surface area contributed by atoms with Gasteiger partial charge in [0.2, 0.25) is 0 Å². The highest BCUT2D eigenvalue weighted by Gasteiger charge is 2.56. The molecular formula is C14H24FNSi. The van der Waals surface area contributed by atoms with E-state index in [2.05, 4.69) is 4.98 Å². The third kappa shape index (κ3) is 2.89. The van der Waals surface area contributed by atoms with Gasteiger partial charge in [-0.3, -0.25) is 4.11 Å². The average molecular weight is 253 g/mol. The minimum Gasteiger partial charge on any atom is -0.385 e. The molecule has 0 fully saturated rings. The number of nitrogens with one attached hydrogen (secondary N) is 1. The molecule has 17 heavy (non-hydrogen) atoms. The Kier molecular flexibility index (Phi) is 3.72. The second kappa shape index (κ2) is 4.45. The van der Waals surface area contributed by atoms with Gasteiger partial charge in [0.05, 0.1) is 0 Å². The van der Waals surface area contributed by atoms with Crippen molar-refractivity contribution >= 4 is 14.3 Å². The molecule has 1 rings (SSSR count). The highest BCUT2D eigenvalue weighted by atomic mass is 28.4. The molecule has 96 valence electrons. The van der Waals surface area contributed by atoms with Gasteiger partial charge in [0, 0.05) is 15.8 Å². The molecule has 0 aliphatic rings. The van der Waals surface area contributed by atoms with E-state index < -0.39 is 8.57 Å². The second-order valence-electron chi connectivity index (χ2n) is 6.65. The molecule has 0 saturated heterocycles. The Hall–Kier alpha value is -0.833. The molecule has 0 atom stereocenters. The molecule has 3 heteroatoms. The van der Waals surface area contributed by atoms with Gasteiger partial charge in [-0.2, -0.15) is 0 Å². The second-order valence-corrected chi connectivity index (χ2v) is 11.2. The van der Waals surface area contributed by atoms with Crippen LogP contribution in [0, 0.1) is 0 Å². The largest absolute Gasteiger partial charge is 0.385 e. The van der Waals surface area contributed by atoms with Crippen LogP contribution in [0.15, 0.2) is 30.3 Å². The van der Waals surface area contributed by atoms with Gasteiger partial charge in [-0.1, -0.05) is 59.7 Å². The first-order valence-electron chi connectivity index (χ1n) is 6.10. The van der Waals surface area contributed by atoms with E-state index in [4.69, 9.17) is 0 Å². The summed E-state index contributed by atoms with van der Waals surface area (Å²) in [7, 11) is -3.14. The van der Waals surface area contributed by atoms with E-state index >= 15 is 4.11 Å². The van der Waals surface area contributed by atoms with E-state index in [1.807, 2.05) is 71.9 Å². The van der Waals surface area contributed by atoms with E-state index in [0.717, 1.165) is 5.69 Å². The Morgan fingerprint density at radius 1 is 0.882 bits per heavy atom. The molecule has 0 spiro atoms. The molecule has 1 aromatic rings. The summed E-state index contributed by atoms with van der Waals surface area (Å²) in [5.41, 5.74) is 0.881. The van der Waals surface area contributed by atoms with Gasteiger partial charge < -0.3 is 4.98 Å². The number of rotatable bonds is 2. The first-order valence-corrected chi connectivity index (χ1v) is 7.98. The van der Waals surface area contributed by atoms with Crippen molar-refractivity contribution in [1.29, 1.82) is 0 Å². The van der Waals surface area contributed by atoms with Crippen molar-refractivity contribution in [2.45, 2.75) is 51.6 Å². The zero-order valence-corrected chi connectivity index (χ0v) is 12.8. The first-order chi connectivity index (χ1) is 7.58. The smallest absolute Gasteiger partial charge is 0.357 e. The minimum atomic E-state index is -3.14. The van der Waals surface area contributed by atoms with Gasteiger partial charge in [-0.15, -0.1) is 0 Å². The van der Waals surface area contributed by atoms with E-state index in [0.29, 0.717) is 0 Å². The van der Waals surface area contributed by atoms with E-state index in [1.165, 1.54) is 0 Å². The molecule has 0 heterocycles. The van der Waals surface area contributed by atoms with Crippen molar-refractivity contribution in [1.82, 2.24) is 0 Å². The summed E-state index contributed by atoms with van der Waals surface area (Å²) in [6.45, 7) is 11.9. The van der Waals surface area contributed by atoms with Gasteiger partial charge in [-0.25, -0.2) is 0 Å². The normalized spacial score (nSPS) is 13.6. The molecule has 0 aromatic heterocycles. The maximum Gasteiger partial charge on any atom is 0.357 e. The predicted molar refractivity (Wildman–Crippen MR) is 76.4 cm³/mol. The molecule has 0 unspecified atom stereocenters. The van der Waals surface area contributed by atoms with Crippen molar-refractivity contribution in [3.8, 4) is 0 Å². The third-order valence-electron chi connectivity index (χ3n) is 3.16. The summed E-state index contributed by atoms with van der Waals surface area (Å²) in [5.74, 6) is 0. The van der Waals surface area contributed by atoms with Gasteiger partial charge in [-0.05, 0) is 12.1 Å². The molecule has 0 amide bonds. The zero-order chi connectivity index (χ0) is 13.3. The quantitative estimate of drug-likeness (QED) is 0.570. The highest BCUT2D eigenvalue weighted by molar-refractivity contribution is 6.81. The van der Waals surface area contributed by atoms with Crippen molar-refractivity contribution < 1.29 is 4.11 Å². The Labute approximate surface area is 106 Å². The van der Waals surface area contributed by atoms with E-state index in [-0.39, 0.29) is 10.1 Å². The molecule has 0 saturated carbocycles. The summed E-state index contributed by atoms with van der Waals surface area (Å²) in [5, 5.41) is -0.692. The lowest BCUT2D eigenvalue weighted by Gasteiger charge is -2.44. The number of benzene rings is 1. The van der Waals surface area contributed by atoms with Crippen LogP contribution in [0.2, 0.25) is 10.1 Å². The first kappa shape index (κ1) is 14.2. The number of anilines is 1. The van der Waals surface area contributed by atoms with Crippen molar-refractivity contribution in [2.24, 2.45) is 0 Å². The molecule has 1 aromatic carbocycles. The van der Waals surface area contributed by atoms with Gasteiger partial charge in [0.1, 0.15) is 0 Å². The summed E-state index contributed by atoms with van der Waals surface area (Å²) in [6.07, 6.45) is 0. The topological polar surface area (TPSA) is 12.0 Å². The fourth-order valence-corrected chi connectivity index (χ4v) is 5.78. The lowest BCUT2D eigenvalue weighted by Crippen LogP contribution is -2.55. The maximum absolute atomic E-state index is 15.5. The standard InChI is InChI=1S/C14H24FNSi/c1-13(2,3)17(15,14(4,5)6)16-12-10-8-7-9-11-12/h7-11,16H,1-6H3. The van der Waals surface area contributed by atoms with E-state index in [1.54, 1.807) is 0 Å². The van der Waals surface area contributed by atoms with Crippen LogP contribution in [0.3, 0.4) is 0 Å². The van der Waals surface area contributed by atoms with Crippen LogP contribution in [0.25, 0.3) is 0 Å². The van der Waals surface area contributed by atoms with Crippen molar-refractivity contribution in [2.75, 3.05) is 4.98 Å². The number of hydrogen-bond donors (Lipinski definition) is 1. The van der Waals surface area contributed by atoms with Crippen LogP contribution in [0.5, 0.6) is 0 Å². The average Bonchev–Trinajstić information content (AvgIpc) is 2.15. The molecular weight excluding hydrogens is 229 g/mol. The van der Waals surface area contributed by atoms with Crippen LogP contribution in [-0.2, 0) is 0 Å². The summed E-state index contributed by atoms with van der Waals surface area (Å²) < 4.78 is 15.5. The Morgan fingerprint density at radius 3 is 1.65 bits per heavy atom. The van der Waals surface area contributed by atoms with Crippen LogP contribution in [-0.4, -0.2) is 8.57 Å². The fraction of sp³-hybridized carbons (Fsp3) is 0.571. The van der Waals surface area contributed by atoms with Crippen LogP contribution in [0.4, 0.5) is 9.80 Å². The Bertz CT molecular complexity index is 348. The van der Waals surface area contributed by atoms with E-state index in [9.17, 15) is 0 Å². The van der Waals surface area contributed by atoms with Crippen LogP contribution < -0.4 is 4.98 Å². The monoisotopic (exact) mass is 253 g/mol. The number of para-hydroxylation sites is 1. The van der Waals surface area contributed by atoms with Gasteiger partial charge in [0.25, 0.3) is 0 Å². The summed E-state index contributed by atoms with van der Waals surface area (Å²) >= 11 is 0. The SMILES string of the molecule is CC(C)(C)[Si](F)(Nc1ccccc1)C(C)(C)C. The van der Waals surface area contributed by atoms with Crippen molar-refractivity contribution in [3.05, 3.63) is 30.3 Å². The summed E-state index contributed by atoms with van der Waals surface area (Å²) in [4.78, 5) is 3.21. The lowest BCUT2D eigenvalue weighted by molar-refractivity contribution is 0.524. The third-order valence-corrected chi connectivity index (χ3v) is 7.92. The fourth-order valence-electron chi connectivity index (χ4n) is 2.22.